The van der Waals surface area contributed by atoms with Gasteiger partial charge in [-0.15, -0.1) is 0 Å². The summed E-state index contributed by atoms with van der Waals surface area (Å²) in [5.74, 6) is -6.19. The Morgan fingerprint density at radius 1 is 1.02 bits per heavy atom. The van der Waals surface area contributed by atoms with Crippen LogP contribution in [0.1, 0.15) is 37.7 Å². The van der Waals surface area contributed by atoms with Gasteiger partial charge in [0, 0.05) is 17.5 Å². The topological polar surface area (TPSA) is 132 Å². The predicted octanol–water partition coefficient (Wildman–Crippen LogP) is 3.75. The van der Waals surface area contributed by atoms with Crippen LogP contribution in [0, 0.1) is 29.1 Å². The maximum absolute atomic E-state index is 14.3. The van der Waals surface area contributed by atoms with Crippen molar-refractivity contribution in [3.63, 3.8) is 0 Å². The van der Waals surface area contributed by atoms with Crippen molar-refractivity contribution in [1.29, 1.82) is 0 Å². The Morgan fingerprint density at radius 3 is 2.42 bits per heavy atom. The van der Waals surface area contributed by atoms with Crippen molar-refractivity contribution in [3.8, 4) is 5.75 Å². The van der Waals surface area contributed by atoms with Gasteiger partial charge in [0.2, 0.25) is 23.6 Å². The fraction of sp³-hybridized carbons (Fsp3) is 0.367. The van der Waals surface area contributed by atoms with Crippen LogP contribution in [0.4, 0.5) is 5.69 Å². The average molecular weight is 563 g/mol. The largest absolute Gasteiger partial charge is 0.508 e. The number of carbonyl (C=O) groups is 5. The van der Waals surface area contributed by atoms with Crippen LogP contribution in [0.25, 0.3) is 0 Å². The lowest BCUT2D eigenvalue weighted by molar-refractivity contribution is -0.142. The number of carboxylic acid groups (broad SMARTS) is 1. The smallest absolute Gasteiger partial charge is 0.305 e. The Labute approximate surface area is 235 Å². The van der Waals surface area contributed by atoms with Crippen molar-refractivity contribution in [1.82, 2.24) is 4.90 Å². The number of carboxylic acids is 1. The van der Waals surface area contributed by atoms with Gasteiger partial charge in [-0.1, -0.05) is 47.5 Å². The van der Waals surface area contributed by atoms with E-state index in [4.69, 9.17) is 16.7 Å². The minimum atomic E-state index is -1.24. The van der Waals surface area contributed by atoms with E-state index in [9.17, 15) is 29.1 Å². The molecule has 0 unspecified atom stereocenters. The summed E-state index contributed by atoms with van der Waals surface area (Å²) in [5, 5.41) is 19.4. The molecular formula is C30H27ClN2O7. The fourth-order valence-corrected chi connectivity index (χ4v) is 7.71. The zero-order valence-electron chi connectivity index (χ0n) is 21.6. The Morgan fingerprint density at radius 2 is 1.75 bits per heavy atom. The summed E-state index contributed by atoms with van der Waals surface area (Å²) in [6, 6.07) is 13.2. The van der Waals surface area contributed by atoms with Crippen molar-refractivity contribution in [3.05, 3.63) is 70.8 Å². The van der Waals surface area contributed by atoms with E-state index in [1.165, 1.54) is 17.0 Å². The van der Waals surface area contributed by atoms with Gasteiger partial charge in [0.25, 0.3) is 0 Å². The Kier molecular flexibility index (Phi) is 6.10. The van der Waals surface area contributed by atoms with Gasteiger partial charge in [-0.05, 0) is 55.5 Å². The highest BCUT2D eigenvalue weighted by Crippen LogP contribution is 2.64. The molecule has 0 radical (unpaired) electrons. The van der Waals surface area contributed by atoms with Crippen molar-refractivity contribution < 1.29 is 34.2 Å². The molecular weight excluding hydrogens is 536 g/mol. The number of halogens is 1. The number of rotatable bonds is 5. The zero-order chi connectivity index (χ0) is 28.5. The van der Waals surface area contributed by atoms with Gasteiger partial charge in [-0.25, -0.2) is 4.90 Å². The summed E-state index contributed by atoms with van der Waals surface area (Å²) in [6.07, 6.45) is 1.99. The van der Waals surface area contributed by atoms with E-state index in [0.29, 0.717) is 11.3 Å². The molecule has 1 saturated carbocycles. The third-order valence-corrected chi connectivity index (χ3v) is 9.55. The lowest BCUT2D eigenvalue weighted by atomic mass is 9.51. The highest BCUT2D eigenvalue weighted by atomic mass is 35.5. The molecule has 0 aromatic heterocycles. The molecule has 6 rings (SSSR count). The Bertz CT molecular complexity index is 1500. The van der Waals surface area contributed by atoms with Crippen LogP contribution in [0.2, 0.25) is 5.02 Å². The molecule has 2 aromatic rings. The number of aliphatic carboxylic acids is 1. The second-order valence-corrected chi connectivity index (χ2v) is 11.6. The van der Waals surface area contributed by atoms with E-state index in [1.54, 1.807) is 43.3 Å². The average Bonchev–Trinajstić information content (AvgIpc) is 3.28. The van der Waals surface area contributed by atoms with E-state index in [1.807, 2.05) is 6.08 Å². The fourth-order valence-electron chi connectivity index (χ4n) is 7.43. The number of amides is 4. The number of hydrogen-bond acceptors (Lipinski definition) is 6. The summed E-state index contributed by atoms with van der Waals surface area (Å²) in [6.45, 7) is 1.55. The Balaban J connectivity index is 1.49. The molecule has 40 heavy (non-hydrogen) atoms. The monoisotopic (exact) mass is 562 g/mol. The van der Waals surface area contributed by atoms with Gasteiger partial charge in [-0.3, -0.25) is 28.9 Å². The van der Waals surface area contributed by atoms with Crippen LogP contribution in [-0.2, 0) is 24.0 Å². The number of fused-ring (bicyclic) bond motifs is 4. The number of aromatic hydroxyl groups is 1. The summed E-state index contributed by atoms with van der Waals surface area (Å²) < 4.78 is 0. The molecule has 2 N–H and O–H groups in total. The number of allylic oxidation sites excluding steroid dienone is 2. The molecule has 2 aliphatic carbocycles. The van der Waals surface area contributed by atoms with E-state index in [2.05, 4.69) is 0 Å². The quantitative estimate of drug-likeness (QED) is 0.419. The Hall–Kier alpha value is -3.98. The lowest BCUT2D eigenvalue weighted by Gasteiger charge is -2.49. The molecule has 206 valence electrons. The molecule has 2 saturated heterocycles. The van der Waals surface area contributed by atoms with Crippen LogP contribution in [-0.4, -0.2) is 51.3 Å². The normalized spacial score (nSPS) is 31.1. The molecule has 2 aromatic carbocycles. The third-order valence-electron chi connectivity index (χ3n) is 9.22. The summed E-state index contributed by atoms with van der Waals surface area (Å²) in [7, 11) is 0. The number of phenolic OH excluding ortho intramolecular Hbond substituents is 1. The molecule has 3 fully saturated rings. The van der Waals surface area contributed by atoms with Crippen LogP contribution in [0.5, 0.6) is 5.75 Å². The summed E-state index contributed by atoms with van der Waals surface area (Å²) >= 11 is 6.66. The van der Waals surface area contributed by atoms with Crippen LogP contribution < -0.4 is 4.90 Å². The maximum Gasteiger partial charge on any atom is 0.305 e. The second-order valence-electron chi connectivity index (χ2n) is 11.2. The predicted molar refractivity (Wildman–Crippen MR) is 143 cm³/mol. The van der Waals surface area contributed by atoms with E-state index >= 15 is 0 Å². The number of phenols is 1. The van der Waals surface area contributed by atoms with Crippen molar-refractivity contribution in [2.75, 3.05) is 11.4 Å². The van der Waals surface area contributed by atoms with Gasteiger partial charge in [-0.2, -0.15) is 0 Å². The first-order chi connectivity index (χ1) is 19.1. The first-order valence-electron chi connectivity index (χ1n) is 13.2. The molecule has 2 aliphatic heterocycles. The zero-order valence-corrected chi connectivity index (χ0v) is 22.4. The molecule has 10 heteroatoms. The highest BCUT2D eigenvalue weighted by molar-refractivity contribution is 6.32. The number of carbonyl (C=O) groups excluding carboxylic acids is 4. The molecule has 0 bridgehead atoms. The second kappa shape index (κ2) is 9.30. The summed E-state index contributed by atoms with van der Waals surface area (Å²) in [5.41, 5.74) is 0.532. The van der Waals surface area contributed by atoms with Gasteiger partial charge in [0.1, 0.15) is 5.75 Å². The van der Waals surface area contributed by atoms with Crippen LogP contribution in [0.3, 0.4) is 0 Å². The van der Waals surface area contributed by atoms with E-state index < -0.39 is 52.8 Å². The summed E-state index contributed by atoms with van der Waals surface area (Å²) in [4.78, 5) is 68.6. The third kappa shape index (κ3) is 3.63. The number of anilines is 1. The maximum atomic E-state index is 14.3. The van der Waals surface area contributed by atoms with Crippen LogP contribution >= 0.6 is 11.6 Å². The number of nitrogens with zero attached hydrogens (tertiary/aromatic N) is 2. The number of benzene rings is 2. The minimum Gasteiger partial charge on any atom is -0.508 e. The van der Waals surface area contributed by atoms with Gasteiger partial charge in [0.15, 0.2) is 0 Å². The van der Waals surface area contributed by atoms with E-state index in [-0.39, 0.29) is 48.4 Å². The molecule has 0 spiro atoms. The van der Waals surface area contributed by atoms with Crippen molar-refractivity contribution in [2.45, 2.75) is 32.1 Å². The first-order valence-corrected chi connectivity index (χ1v) is 13.6. The number of para-hydroxylation sites is 1. The van der Waals surface area contributed by atoms with Crippen molar-refractivity contribution >= 4 is 46.9 Å². The SMILES string of the molecule is C[C@@]12C(=O)N(c3ccccc3)C(=O)[C@@H]1C[C@@H]1C(=CC[C@@H]3C(=O)N(CCC(=O)O)C(=O)[C@@H]31)[C@@H]2c1ccc(O)cc1Cl. The van der Waals surface area contributed by atoms with Crippen LogP contribution in [0.15, 0.2) is 60.2 Å². The number of likely N-dealkylation sites (tertiary alicyclic amines) is 1. The highest BCUT2D eigenvalue weighted by Gasteiger charge is 2.67. The molecule has 6 atom stereocenters. The molecule has 4 aliphatic rings. The lowest BCUT2D eigenvalue weighted by Crippen LogP contribution is -2.49. The number of hydrogen-bond donors (Lipinski definition) is 2. The standard InChI is InChI=1S/C30H27ClN2O7/c1-30-21(27(38)33(29(30)40)15-5-3-2-4-6-15)14-20-17(25(30)18-8-7-16(34)13-22(18)31)9-10-19-24(20)28(39)32(26(19)37)12-11-23(35)36/h2-9,13,19-21,24-25,34H,10-12,14H2,1H3,(H,35,36)/t19-,20+,21-,24-,25+,30+/m0/s1. The van der Waals surface area contributed by atoms with Gasteiger partial charge < -0.3 is 10.2 Å². The first kappa shape index (κ1) is 26.3. The van der Waals surface area contributed by atoms with Gasteiger partial charge in [0.05, 0.1) is 35.3 Å². The molecule has 2 heterocycles. The van der Waals surface area contributed by atoms with Crippen molar-refractivity contribution in [2.24, 2.45) is 29.1 Å². The molecule has 9 nitrogen and oxygen atoms in total. The number of imide groups is 2. The van der Waals surface area contributed by atoms with E-state index in [0.717, 1.165) is 10.5 Å². The van der Waals surface area contributed by atoms with Gasteiger partial charge >= 0.3 is 5.97 Å². The molecule has 4 amide bonds. The minimum absolute atomic E-state index is 0.0501.